The van der Waals surface area contributed by atoms with Crippen LogP contribution in [0.3, 0.4) is 0 Å². The molecule has 1 aromatic heterocycles. The second-order valence-electron chi connectivity index (χ2n) is 5.51. The Morgan fingerprint density at radius 2 is 1.96 bits per heavy atom. The maximum Gasteiger partial charge on any atom is 0.420 e. The Morgan fingerprint density at radius 1 is 1.17 bits per heavy atom. The lowest BCUT2D eigenvalue weighted by molar-refractivity contribution is -0.145. The van der Waals surface area contributed by atoms with E-state index in [1.807, 2.05) is 32.0 Å². The molecular formula is C18H17NO4. The minimum Gasteiger partial charge on any atom is -0.459 e. The number of hydrogen-bond acceptors (Lipinski definition) is 4. The van der Waals surface area contributed by atoms with Gasteiger partial charge in [-0.3, -0.25) is 9.36 Å². The molecule has 0 spiro atoms. The number of aromatic nitrogens is 1. The van der Waals surface area contributed by atoms with Gasteiger partial charge in [-0.15, -0.1) is 0 Å². The van der Waals surface area contributed by atoms with Crippen molar-refractivity contribution in [1.82, 2.24) is 4.57 Å². The molecule has 0 bridgehead atoms. The van der Waals surface area contributed by atoms with Gasteiger partial charge in [0.05, 0.1) is 5.52 Å². The maximum absolute atomic E-state index is 12.1. The summed E-state index contributed by atoms with van der Waals surface area (Å²) >= 11 is 0. The Bertz CT molecular complexity index is 920. The molecule has 0 aliphatic carbocycles. The van der Waals surface area contributed by atoms with Crippen LogP contribution in [0.15, 0.2) is 51.7 Å². The fourth-order valence-electron chi connectivity index (χ4n) is 2.45. The first-order valence-corrected chi connectivity index (χ1v) is 7.35. The number of carbonyl (C=O) groups excluding carboxylic acids is 1. The third-order valence-electron chi connectivity index (χ3n) is 3.75. The molecule has 0 fully saturated rings. The average Bonchev–Trinajstić information content (AvgIpc) is 2.84. The molecule has 0 atom stereocenters. The number of oxazole rings is 1. The average molecular weight is 311 g/mol. The summed E-state index contributed by atoms with van der Waals surface area (Å²) in [6, 6.07) is 13.0. The zero-order valence-corrected chi connectivity index (χ0v) is 13.0. The van der Waals surface area contributed by atoms with E-state index in [1.165, 1.54) is 4.57 Å². The number of carbonyl (C=O) groups is 1. The van der Waals surface area contributed by atoms with Crippen LogP contribution in [0.2, 0.25) is 0 Å². The first kappa shape index (κ1) is 15.1. The maximum atomic E-state index is 12.1. The van der Waals surface area contributed by atoms with E-state index in [1.54, 1.807) is 24.3 Å². The van der Waals surface area contributed by atoms with Gasteiger partial charge in [0, 0.05) is 0 Å². The second-order valence-corrected chi connectivity index (χ2v) is 5.51. The van der Waals surface area contributed by atoms with Crippen LogP contribution in [-0.2, 0) is 22.7 Å². The smallest absolute Gasteiger partial charge is 0.420 e. The molecular weight excluding hydrogens is 294 g/mol. The number of para-hydroxylation sites is 2. The molecule has 0 saturated heterocycles. The van der Waals surface area contributed by atoms with Crippen molar-refractivity contribution < 1.29 is 13.9 Å². The Morgan fingerprint density at radius 3 is 2.78 bits per heavy atom. The number of rotatable bonds is 4. The molecule has 5 heteroatoms. The Balaban J connectivity index is 1.73. The molecule has 0 radical (unpaired) electrons. The SMILES string of the molecule is Cc1ccc(C)c(COC(=O)Cn2c(=O)oc3ccccc32)c1. The zero-order chi connectivity index (χ0) is 16.4. The van der Waals surface area contributed by atoms with Crippen molar-refractivity contribution >= 4 is 17.1 Å². The summed E-state index contributed by atoms with van der Waals surface area (Å²) in [5.41, 5.74) is 4.18. The van der Waals surface area contributed by atoms with E-state index in [0.717, 1.165) is 16.7 Å². The first-order chi connectivity index (χ1) is 11.0. The number of ether oxygens (including phenoxy) is 1. The summed E-state index contributed by atoms with van der Waals surface area (Å²) in [7, 11) is 0. The molecule has 0 aliphatic rings. The number of hydrogen-bond donors (Lipinski definition) is 0. The number of nitrogens with zero attached hydrogens (tertiary/aromatic N) is 1. The molecule has 3 rings (SSSR count). The largest absolute Gasteiger partial charge is 0.459 e. The predicted molar refractivity (Wildman–Crippen MR) is 86.2 cm³/mol. The number of esters is 1. The van der Waals surface area contributed by atoms with Crippen molar-refractivity contribution in [3.05, 3.63) is 69.7 Å². The van der Waals surface area contributed by atoms with Crippen LogP contribution < -0.4 is 5.76 Å². The van der Waals surface area contributed by atoms with E-state index in [-0.39, 0.29) is 13.2 Å². The van der Waals surface area contributed by atoms with Crippen LogP contribution in [0.1, 0.15) is 16.7 Å². The van der Waals surface area contributed by atoms with Gasteiger partial charge in [-0.05, 0) is 37.1 Å². The Hall–Kier alpha value is -2.82. The fourth-order valence-corrected chi connectivity index (χ4v) is 2.45. The summed E-state index contributed by atoms with van der Waals surface area (Å²) < 4.78 is 11.7. The van der Waals surface area contributed by atoms with Crippen LogP contribution in [0, 0.1) is 13.8 Å². The zero-order valence-electron chi connectivity index (χ0n) is 13.0. The van der Waals surface area contributed by atoms with Crippen molar-refractivity contribution in [2.24, 2.45) is 0 Å². The van der Waals surface area contributed by atoms with E-state index in [9.17, 15) is 9.59 Å². The topological polar surface area (TPSA) is 61.4 Å². The van der Waals surface area contributed by atoms with Gasteiger partial charge in [0.15, 0.2) is 5.58 Å². The fraction of sp³-hybridized carbons (Fsp3) is 0.222. The lowest BCUT2D eigenvalue weighted by Crippen LogP contribution is -2.21. The highest BCUT2D eigenvalue weighted by Crippen LogP contribution is 2.13. The highest BCUT2D eigenvalue weighted by Gasteiger charge is 2.13. The molecule has 118 valence electrons. The Labute approximate surface area is 133 Å². The summed E-state index contributed by atoms with van der Waals surface area (Å²) in [6.07, 6.45) is 0. The lowest BCUT2D eigenvalue weighted by Gasteiger charge is -2.09. The van der Waals surface area contributed by atoms with Crippen LogP contribution >= 0.6 is 0 Å². The number of benzene rings is 2. The normalized spacial score (nSPS) is 10.9. The van der Waals surface area contributed by atoms with E-state index in [4.69, 9.17) is 9.15 Å². The molecule has 3 aromatic rings. The van der Waals surface area contributed by atoms with Gasteiger partial charge in [0.1, 0.15) is 13.2 Å². The molecule has 0 saturated carbocycles. The van der Waals surface area contributed by atoms with Gasteiger partial charge in [0.2, 0.25) is 0 Å². The summed E-state index contributed by atoms with van der Waals surface area (Å²) in [5.74, 6) is -1.03. The second kappa shape index (κ2) is 6.12. The highest BCUT2D eigenvalue weighted by molar-refractivity contribution is 5.76. The van der Waals surface area contributed by atoms with Crippen molar-refractivity contribution in [2.75, 3.05) is 0 Å². The molecule has 23 heavy (non-hydrogen) atoms. The number of aryl methyl sites for hydroxylation is 2. The molecule has 0 amide bonds. The van der Waals surface area contributed by atoms with Gasteiger partial charge >= 0.3 is 11.7 Å². The molecule has 1 heterocycles. The predicted octanol–water partition coefficient (Wildman–Crippen LogP) is 2.95. The van der Waals surface area contributed by atoms with Crippen LogP contribution in [0.5, 0.6) is 0 Å². The van der Waals surface area contributed by atoms with E-state index in [2.05, 4.69) is 0 Å². The summed E-state index contributed by atoms with van der Waals surface area (Å²) in [4.78, 5) is 23.9. The van der Waals surface area contributed by atoms with Crippen LogP contribution in [0.25, 0.3) is 11.1 Å². The van der Waals surface area contributed by atoms with E-state index < -0.39 is 11.7 Å². The molecule has 0 unspecified atom stereocenters. The van der Waals surface area contributed by atoms with Gasteiger partial charge in [-0.25, -0.2) is 4.79 Å². The summed E-state index contributed by atoms with van der Waals surface area (Å²) in [5, 5.41) is 0. The van der Waals surface area contributed by atoms with Crippen LogP contribution in [0.4, 0.5) is 0 Å². The standard InChI is InChI=1S/C18H17NO4/c1-12-7-8-13(2)14(9-12)11-22-17(20)10-19-15-5-3-4-6-16(15)23-18(19)21/h3-9H,10-11H2,1-2H3. The van der Waals surface area contributed by atoms with E-state index >= 15 is 0 Å². The quantitative estimate of drug-likeness (QED) is 0.695. The van der Waals surface area contributed by atoms with Crippen molar-refractivity contribution in [2.45, 2.75) is 27.0 Å². The van der Waals surface area contributed by atoms with Crippen molar-refractivity contribution in [3.63, 3.8) is 0 Å². The molecule has 0 aliphatic heterocycles. The van der Waals surface area contributed by atoms with Gasteiger partial charge < -0.3 is 9.15 Å². The lowest BCUT2D eigenvalue weighted by atomic mass is 10.1. The highest BCUT2D eigenvalue weighted by atomic mass is 16.5. The van der Waals surface area contributed by atoms with Crippen LogP contribution in [-0.4, -0.2) is 10.5 Å². The molecule has 5 nitrogen and oxygen atoms in total. The van der Waals surface area contributed by atoms with Crippen molar-refractivity contribution in [1.29, 1.82) is 0 Å². The molecule has 2 aromatic carbocycles. The van der Waals surface area contributed by atoms with Gasteiger partial charge in [0.25, 0.3) is 0 Å². The summed E-state index contributed by atoms with van der Waals surface area (Å²) in [6.45, 7) is 3.98. The number of fused-ring (bicyclic) bond motifs is 1. The molecule has 0 N–H and O–H groups in total. The van der Waals surface area contributed by atoms with Gasteiger partial charge in [-0.2, -0.15) is 0 Å². The third-order valence-corrected chi connectivity index (χ3v) is 3.75. The minimum absolute atomic E-state index is 0.166. The van der Waals surface area contributed by atoms with E-state index in [0.29, 0.717) is 11.1 Å². The minimum atomic E-state index is -0.560. The van der Waals surface area contributed by atoms with Gasteiger partial charge in [-0.1, -0.05) is 35.9 Å². The van der Waals surface area contributed by atoms with Crippen molar-refractivity contribution in [3.8, 4) is 0 Å². The first-order valence-electron chi connectivity index (χ1n) is 7.35. The monoisotopic (exact) mass is 311 g/mol. The third kappa shape index (κ3) is 3.18. The Kier molecular flexibility index (Phi) is 4.02.